The van der Waals surface area contributed by atoms with E-state index in [1.165, 1.54) is 50.6 Å². The van der Waals surface area contributed by atoms with Crippen molar-refractivity contribution >= 4 is 79.1 Å². The summed E-state index contributed by atoms with van der Waals surface area (Å²) < 4.78 is 62.7. The second-order valence-electron chi connectivity index (χ2n) is 9.41. The number of nitrogens with zero attached hydrogens (tertiary/aromatic N) is 5. The molecule has 5 N–H and O–H groups in total. The maximum atomic E-state index is 12.5. The number of hydrogen-bond donors (Lipinski definition) is 5. The van der Waals surface area contributed by atoms with Crippen molar-refractivity contribution in [2.45, 2.75) is 16.7 Å². The number of carbonyl (C=O) groups is 4. The fraction of sp³-hybridized carbons (Fsp3) is 0.143. The second kappa shape index (κ2) is 17.4. The van der Waals surface area contributed by atoms with E-state index in [1.807, 2.05) is 0 Å². The summed E-state index contributed by atoms with van der Waals surface area (Å²) in [5, 5.41) is 20.2. The van der Waals surface area contributed by atoms with E-state index in [0.717, 1.165) is 29.2 Å². The van der Waals surface area contributed by atoms with Crippen LogP contribution in [0.1, 0.15) is 27.6 Å². The number of aromatic carboxylic acids is 2. The van der Waals surface area contributed by atoms with Gasteiger partial charge in [-0.3, -0.25) is 10.2 Å². The number of carboxylic acid groups (broad SMARTS) is 2. The van der Waals surface area contributed by atoms with E-state index < -0.39 is 65.0 Å². The number of rotatable bonds is 11. The number of aromatic nitrogens is 4. The SMILES string of the molecule is CCN(C(=O)NS(=O)(=O)c1ccccc1C(=O)O)c1nc(Cl)cc(OC)n1.COc1cc(Cl)nc(NC(=O)NS(=O)(=O)c2ccccc2C(=O)O)n1. The Hall–Kier alpha value is -5.84. The van der Waals surface area contributed by atoms with Gasteiger partial charge in [0.1, 0.15) is 20.1 Å². The molecule has 0 spiro atoms. The number of carboxylic acids is 2. The maximum Gasteiger partial charge on any atom is 0.338 e. The molecular formula is C28H26Cl2N8O12S2. The number of urea groups is 2. The number of amides is 4. The molecule has 0 aliphatic rings. The number of ether oxygens (including phenoxy) is 2. The summed E-state index contributed by atoms with van der Waals surface area (Å²) in [7, 11) is -6.26. The van der Waals surface area contributed by atoms with E-state index >= 15 is 0 Å². The molecule has 0 fully saturated rings. The lowest BCUT2D eigenvalue weighted by molar-refractivity contribution is 0.0682. The Morgan fingerprint density at radius 3 is 1.67 bits per heavy atom. The van der Waals surface area contributed by atoms with Gasteiger partial charge in [-0.2, -0.15) is 9.97 Å². The molecule has 0 radical (unpaired) electrons. The molecule has 4 aromatic rings. The number of anilines is 2. The lowest BCUT2D eigenvalue weighted by Crippen LogP contribution is -2.44. The van der Waals surface area contributed by atoms with Crippen molar-refractivity contribution < 1.29 is 55.7 Å². The third-order valence-electron chi connectivity index (χ3n) is 6.04. The van der Waals surface area contributed by atoms with Crippen LogP contribution < -0.4 is 29.1 Å². The number of hydrogen-bond acceptors (Lipinski definition) is 14. The molecule has 2 heterocycles. The standard InChI is InChI=1S/C15H15ClN4O6S.C13H11ClN4O6S/c1-3-20(14-17-11(16)8-12(18-14)26-2)15(23)19-27(24,25)10-7-5-4-6-9(10)13(21)22;1-24-10-6-9(14)15-12(16-10)17-13(21)18-25(22,23)8-5-3-2-4-7(8)11(19)20/h4-8H,3H2,1-2H3,(H,19,23)(H,21,22);2-6H,1H3,(H,19,20)(H2,15,16,17,18,21). The highest BCUT2D eigenvalue weighted by Gasteiger charge is 2.28. The van der Waals surface area contributed by atoms with Gasteiger partial charge in [0.2, 0.25) is 23.7 Å². The van der Waals surface area contributed by atoms with Crippen molar-refractivity contribution in [1.29, 1.82) is 0 Å². The Bertz CT molecular complexity index is 2230. The molecule has 0 saturated heterocycles. The molecule has 52 heavy (non-hydrogen) atoms. The van der Waals surface area contributed by atoms with Gasteiger partial charge < -0.3 is 19.7 Å². The van der Waals surface area contributed by atoms with Gasteiger partial charge in [-0.1, -0.05) is 47.5 Å². The highest BCUT2D eigenvalue weighted by molar-refractivity contribution is 7.90. The number of sulfonamides is 2. The van der Waals surface area contributed by atoms with E-state index in [1.54, 1.807) is 16.4 Å². The van der Waals surface area contributed by atoms with Crippen LogP contribution >= 0.6 is 23.2 Å². The molecule has 0 atom stereocenters. The Morgan fingerprint density at radius 1 is 0.731 bits per heavy atom. The van der Waals surface area contributed by atoms with Gasteiger partial charge in [-0.05, 0) is 31.2 Å². The average Bonchev–Trinajstić information content (AvgIpc) is 3.07. The first-order valence-corrected chi connectivity index (χ1v) is 17.6. The quantitative estimate of drug-likeness (QED) is 0.136. The third kappa shape index (κ3) is 10.6. The smallest absolute Gasteiger partial charge is 0.338 e. The minimum Gasteiger partial charge on any atom is -0.481 e. The molecule has 4 amide bonds. The molecule has 20 nitrogen and oxygen atoms in total. The lowest BCUT2D eigenvalue weighted by Gasteiger charge is -2.20. The highest BCUT2D eigenvalue weighted by atomic mass is 35.5. The summed E-state index contributed by atoms with van der Waals surface area (Å²) >= 11 is 11.6. The van der Waals surface area contributed by atoms with Crippen LogP contribution in [0, 0.1) is 0 Å². The van der Waals surface area contributed by atoms with E-state index in [9.17, 15) is 36.0 Å². The van der Waals surface area contributed by atoms with E-state index in [4.69, 9.17) is 42.9 Å². The van der Waals surface area contributed by atoms with Crippen molar-refractivity contribution in [2.75, 3.05) is 31.0 Å². The molecule has 276 valence electrons. The predicted molar refractivity (Wildman–Crippen MR) is 182 cm³/mol. The molecule has 0 bridgehead atoms. The molecule has 4 rings (SSSR count). The van der Waals surface area contributed by atoms with Crippen molar-refractivity contribution in [2.24, 2.45) is 0 Å². The van der Waals surface area contributed by atoms with Crippen LogP contribution in [0.3, 0.4) is 0 Å². The highest BCUT2D eigenvalue weighted by Crippen LogP contribution is 2.21. The second-order valence-corrected chi connectivity index (χ2v) is 13.5. The van der Waals surface area contributed by atoms with Crippen molar-refractivity contribution in [3.63, 3.8) is 0 Å². The minimum atomic E-state index is -4.47. The fourth-order valence-corrected chi connectivity index (χ4v) is 6.43. The van der Waals surface area contributed by atoms with Crippen LogP contribution in [-0.2, 0) is 20.0 Å². The fourth-order valence-electron chi connectivity index (χ4n) is 3.83. The lowest BCUT2D eigenvalue weighted by atomic mass is 10.2. The largest absolute Gasteiger partial charge is 0.481 e. The third-order valence-corrected chi connectivity index (χ3v) is 9.19. The first-order valence-electron chi connectivity index (χ1n) is 13.9. The van der Waals surface area contributed by atoms with Crippen molar-refractivity contribution in [3.8, 4) is 11.8 Å². The molecule has 0 saturated carbocycles. The summed E-state index contributed by atoms with van der Waals surface area (Å²) in [6.07, 6.45) is 0. The number of halogens is 2. The van der Waals surface area contributed by atoms with Crippen molar-refractivity contribution in [1.82, 2.24) is 29.4 Å². The number of nitrogens with one attached hydrogen (secondary N) is 3. The Labute approximate surface area is 304 Å². The van der Waals surface area contributed by atoms with Crippen LogP contribution in [0.4, 0.5) is 21.5 Å². The Morgan fingerprint density at radius 2 is 1.19 bits per heavy atom. The summed E-state index contributed by atoms with van der Waals surface area (Å²) in [6.45, 7) is 1.57. The van der Waals surface area contributed by atoms with Crippen LogP contribution in [0.5, 0.6) is 11.8 Å². The van der Waals surface area contributed by atoms with Gasteiger partial charge in [-0.15, -0.1) is 0 Å². The number of carbonyl (C=O) groups excluding carboxylic acids is 2. The van der Waals surface area contributed by atoms with Gasteiger partial charge in [-0.25, -0.2) is 55.4 Å². The molecule has 0 aliphatic heterocycles. The summed E-state index contributed by atoms with van der Waals surface area (Å²) in [5.41, 5.74) is -0.954. The molecule has 0 aliphatic carbocycles. The number of methoxy groups -OCH3 is 2. The van der Waals surface area contributed by atoms with Crippen molar-refractivity contribution in [3.05, 3.63) is 82.1 Å². The first kappa shape index (κ1) is 40.6. The average molecular weight is 802 g/mol. The van der Waals surface area contributed by atoms with Gasteiger partial charge >= 0.3 is 24.0 Å². The molecular weight excluding hydrogens is 775 g/mol. The predicted octanol–water partition coefficient (Wildman–Crippen LogP) is 3.11. The van der Waals surface area contributed by atoms with E-state index in [-0.39, 0.29) is 40.5 Å². The van der Waals surface area contributed by atoms with Gasteiger partial charge in [0.05, 0.1) is 25.3 Å². The van der Waals surface area contributed by atoms with Crippen LogP contribution in [-0.4, -0.2) is 91.7 Å². The molecule has 24 heteroatoms. The summed E-state index contributed by atoms with van der Waals surface area (Å²) in [5.74, 6) is -3.25. The molecule has 2 aromatic heterocycles. The summed E-state index contributed by atoms with van der Waals surface area (Å²) in [4.78, 5) is 61.8. The normalized spacial score (nSPS) is 10.9. The molecule has 0 unspecified atom stereocenters. The minimum absolute atomic E-state index is 0.00538. The Kier molecular flexibility index (Phi) is 13.6. The summed E-state index contributed by atoms with van der Waals surface area (Å²) in [6, 6.07) is 10.0. The number of benzene rings is 2. The van der Waals surface area contributed by atoms with Gasteiger partial charge in [0.15, 0.2) is 0 Å². The monoisotopic (exact) mass is 800 g/mol. The topological polar surface area (TPSA) is 286 Å². The van der Waals surface area contributed by atoms with Crippen LogP contribution in [0.15, 0.2) is 70.5 Å². The van der Waals surface area contributed by atoms with E-state index in [2.05, 4.69) is 25.3 Å². The van der Waals surface area contributed by atoms with E-state index in [0.29, 0.717) is 0 Å². The van der Waals surface area contributed by atoms with Gasteiger partial charge in [0, 0.05) is 18.7 Å². The van der Waals surface area contributed by atoms with Gasteiger partial charge in [0.25, 0.3) is 20.0 Å². The first-order chi connectivity index (χ1) is 24.4. The maximum absolute atomic E-state index is 12.5. The zero-order valence-electron chi connectivity index (χ0n) is 26.8. The Balaban J connectivity index is 0.000000281. The molecule has 2 aromatic carbocycles. The van der Waals surface area contributed by atoms with Crippen LogP contribution in [0.25, 0.3) is 0 Å². The van der Waals surface area contributed by atoms with Crippen LogP contribution in [0.2, 0.25) is 10.3 Å². The zero-order chi connectivity index (χ0) is 38.8. The zero-order valence-corrected chi connectivity index (χ0v) is 29.9.